The zero-order valence-electron chi connectivity index (χ0n) is 19.0. The van der Waals surface area contributed by atoms with Gasteiger partial charge in [0.1, 0.15) is 5.82 Å². The second-order valence-corrected chi connectivity index (χ2v) is 8.43. The summed E-state index contributed by atoms with van der Waals surface area (Å²) in [7, 11) is 0. The van der Waals surface area contributed by atoms with Gasteiger partial charge in [-0.25, -0.2) is 13.2 Å². The van der Waals surface area contributed by atoms with Crippen LogP contribution in [0.4, 0.5) is 18.9 Å². The summed E-state index contributed by atoms with van der Waals surface area (Å²) in [5.74, 6) is -5.05. The Morgan fingerprint density at radius 2 is 1.81 bits per heavy atom. The molecule has 0 unspecified atom stereocenters. The number of hydrogen-bond donors (Lipinski definition) is 2. The van der Waals surface area contributed by atoms with Crippen molar-refractivity contribution in [3.63, 3.8) is 0 Å². The molecule has 1 atom stereocenters. The van der Waals surface area contributed by atoms with Gasteiger partial charge < -0.3 is 15.5 Å². The number of nitrogens with zero attached hydrogens (tertiary/aromatic N) is 3. The summed E-state index contributed by atoms with van der Waals surface area (Å²) < 4.78 is 42.0. The van der Waals surface area contributed by atoms with Crippen molar-refractivity contribution in [2.24, 2.45) is 0 Å². The second-order valence-electron chi connectivity index (χ2n) is 8.43. The van der Waals surface area contributed by atoms with Crippen molar-refractivity contribution in [1.82, 2.24) is 15.2 Å². The lowest BCUT2D eigenvalue weighted by Crippen LogP contribution is -2.48. The first kappa shape index (κ1) is 24.7. The lowest BCUT2D eigenvalue weighted by molar-refractivity contribution is -0.133. The quantitative estimate of drug-likeness (QED) is 0.521. The predicted octanol–water partition coefficient (Wildman–Crippen LogP) is 3.85. The Balaban J connectivity index is 1.47. The van der Waals surface area contributed by atoms with Crippen LogP contribution < -0.4 is 10.6 Å². The fourth-order valence-corrected chi connectivity index (χ4v) is 4.21. The Kier molecular flexibility index (Phi) is 6.92. The number of amides is 2. The number of hydrogen-bond acceptors (Lipinski definition) is 5. The summed E-state index contributed by atoms with van der Waals surface area (Å²) in [5.41, 5.74) is -0.238. The van der Waals surface area contributed by atoms with Crippen molar-refractivity contribution in [3.05, 3.63) is 95.6 Å². The summed E-state index contributed by atoms with van der Waals surface area (Å²) in [5, 5.41) is 15.4. The van der Waals surface area contributed by atoms with Gasteiger partial charge in [0.25, 0.3) is 11.8 Å². The molecule has 2 N–H and O–H groups in total. The van der Waals surface area contributed by atoms with Crippen LogP contribution in [0.15, 0.2) is 73.1 Å². The highest BCUT2D eigenvalue weighted by atomic mass is 19.3. The zero-order chi connectivity index (χ0) is 25.8. The van der Waals surface area contributed by atoms with E-state index >= 15 is 0 Å². The monoisotopic (exact) mass is 493 g/mol. The molecule has 0 radical (unpaired) electrons. The van der Waals surface area contributed by atoms with E-state index in [1.165, 1.54) is 42.7 Å². The van der Waals surface area contributed by atoms with Crippen molar-refractivity contribution in [1.29, 1.82) is 5.26 Å². The first-order valence-electron chi connectivity index (χ1n) is 11.1. The van der Waals surface area contributed by atoms with E-state index in [0.29, 0.717) is 5.69 Å². The Hall–Kier alpha value is -4.39. The van der Waals surface area contributed by atoms with E-state index in [2.05, 4.69) is 15.6 Å². The third-order valence-electron chi connectivity index (χ3n) is 5.96. The topological polar surface area (TPSA) is 98.1 Å². The predicted molar refractivity (Wildman–Crippen MR) is 125 cm³/mol. The molecule has 3 aromatic rings. The van der Waals surface area contributed by atoms with E-state index in [9.17, 15) is 28.0 Å². The zero-order valence-corrected chi connectivity index (χ0v) is 19.0. The highest BCUT2D eigenvalue weighted by molar-refractivity contribution is 6.01. The molecule has 0 bridgehead atoms. The van der Waals surface area contributed by atoms with Crippen LogP contribution in [0.5, 0.6) is 0 Å². The van der Waals surface area contributed by atoms with Gasteiger partial charge in [-0.1, -0.05) is 42.5 Å². The molecule has 7 nitrogen and oxygen atoms in total. The van der Waals surface area contributed by atoms with Crippen molar-refractivity contribution in [3.8, 4) is 6.07 Å². The van der Waals surface area contributed by atoms with Crippen molar-refractivity contribution in [2.45, 2.75) is 24.4 Å². The molecule has 0 spiro atoms. The van der Waals surface area contributed by atoms with Crippen molar-refractivity contribution in [2.75, 3.05) is 18.4 Å². The van der Waals surface area contributed by atoms with Gasteiger partial charge in [-0.05, 0) is 29.3 Å². The molecule has 10 heteroatoms. The Morgan fingerprint density at radius 1 is 1.08 bits per heavy atom. The Bertz CT molecular complexity index is 1290. The summed E-state index contributed by atoms with van der Waals surface area (Å²) in [6.45, 7) is -1.22. The number of pyridine rings is 1. The first-order valence-corrected chi connectivity index (χ1v) is 11.1. The molecule has 0 aliphatic carbocycles. The number of halogens is 3. The lowest BCUT2D eigenvalue weighted by Gasteiger charge is -2.32. The summed E-state index contributed by atoms with van der Waals surface area (Å²) in [6, 6.07) is 17.1. The lowest BCUT2D eigenvalue weighted by atomic mass is 9.88. The number of carbonyl (C=O) groups excluding carboxylic acids is 2. The smallest absolute Gasteiger partial charge is 0.269 e. The average Bonchev–Trinajstić information content (AvgIpc) is 3.19. The van der Waals surface area contributed by atoms with Gasteiger partial charge in [-0.3, -0.25) is 14.6 Å². The van der Waals surface area contributed by atoms with Crippen molar-refractivity contribution < 1.29 is 22.8 Å². The maximum absolute atomic E-state index is 14.4. The molecule has 2 aromatic carbocycles. The van der Waals surface area contributed by atoms with Crippen LogP contribution in [0, 0.1) is 17.1 Å². The minimum absolute atomic E-state index is 0.182. The number of benzene rings is 2. The van der Waals surface area contributed by atoms with Gasteiger partial charge in [-0.2, -0.15) is 5.26 Å². The van der Waals surface area contributed by atoms with Crippen molar-refractivity contribution >= 4 is 17.5 Å². The van der Waals surface area contributed by atoms with Gasteiger partial charge in [0, 0.05) is 12.7 Å². The van der Waals surface area contributed by atoms with Gasteiger partial charge in [-0.15, -0.1) is 0 Å². The van der Waals surface area contributed by atoms with Gasteiger partial charge in [0.2, 0.25) is 5.91 Å². The van der Waals surface area contributed by atoms with Gasteiger partial charge in [0.15, 0.2) is 5.54 Å². The molecule has 1 aliphatic rings. The fourth-order valence-electron chi connectivity index (χ4n) is 4.21. The number of rotatable bonds is 7. The maximum Gasteiger partial charge on any atom is 0.269 e. The molecule has 2 heterocycles. The summed E-state index contributed by atoms with van der Waals surface area (Å²) in [4.78, 5) is 30.7. The van der Waals surface area contributed by atoms with Crippen LogP contribution in [0.25, 0.3) is 0 Å². The van der Waals surface area contributed by atoms with Crippen LogP contribution in [0.3, 0.4) is 0 Å². The largest absolute Gasteiger partial charge is 0.379 e. The third-order valence-corrected chi connectivity index (χ3v) is 5.96. The number of aromatic nitrogens is 1. The molecule has 0 saturated carbocycles. The van der Waals surface area contributed by atoms with E-state index in [1.54, 1.807) is 30.3 Å². The van der Waals surface area contributed by atoms with Crippen LogP contribution in [-0.4, -0.2) is 40.7 Å². The number of nitriles is 1. The molecule has 1 fully saturated rings. The summed E-state index contributed by atoms with van der Waals surface area (Å²) >= 11 is 0. The highest BCUT2D eigenvalue weighted by Crippen LogP contribution is 2.45. The third kappa shape index (κ3) is 5.15. The van der Waals surface area contributed by atoms with E-state index in [1.807, 2.05) is 6.07 Å². The molecule has 1 aliphatic heterocycles. The summed E-state index contributed by atoms with van der Waals surface area (Å²) in [6.07, 6.45) is 2.00. The molecule has 1 saturated heterocycles. The molecular formula is C26H22F3N5O2. The number of carbonyl (C=O) groups is 2. The molecule has 1 aromatic heterocycles. The molecule has 2 amide bonds. The van der Waals surface area contributed by atoms with Crippen LogP contribution >= 0.6 is 0 Å². The van der Waals surface area contributed by atoms with Crippen LogP contribution in [0.1, 0.15) is 27.9 Å². The number of anilines is 1. The number of nitrogens with one attached hydrogen (secondary N) is 2. The minimum atomic E-state index is -3.26. The first-order chi connectivity index (χ1) is 17.2. The van der Waals surface area contributed by atoms with Gasteiger partial charge >= 0.3 is 0 Å². The Labute approximate surface area is 205 Å². The van der Waals surface area contributed by atoms with E-state index in [0.717, 1.165) is 10.5 Å². The number of likely N-dealkylation sites (tertiary alicyclic amines) is 1. The highest BCUT2D eigenvalue weighted by Gasteiger charge is 2.58. The second kappa shape index (κ2) is 10.1. The van der Waals surface area contributed by atoms with E-state index in [-0.39, 0.29) is 23.5 Å². The normalized spacial score (nSPS) is 18.3. The average molecular weight is 493 g/mol. The van der Waals surface area contributed by atoms with E-state index in [4.69, 9.17) is 0 Å². The Morgan fingerprint density at radius 3 is 2.50 bits per heavy atom. The molecule has 184 valence electrons. The number of alkyl halides is 2. The fraction of sp³-hybridized carbons (Fsp3) is 0.231. The SMILES string of the molecule is N#C[C@]1(c2ccccc2)CC(F)(F)CN1C(=O)CNC(=O)c1ccncc1NCc1ccc(F)cc1. The molecule has 4 rings (SSSR count). The van der Waals surface area contributed by atoms with Gasteiger partial charge in [0.05, 0.1) is 43.0 Å². The van der Waals surface area contributed by atoms with Crippen LogP contribution in [-0.2, 0) is 16.9 Å². The standard InChI is InChI=1S/C26H22F3N5O2/c27-20-8-6-18(7-9-20)12-32-22-13-31-11-10-21(22)24(36)33-14-23(35)34-17-26(28,29)15-25(34,16-30)19-4-2-1-3-5-19/h1-11,13,32H,12,14-15,17H2,(H,33,36)/t25-/m0/s1. The van der Waals surface area contributed by atoms with E-state index < -0.39 is 42.8 Å². The molecule has 36 heavy (non-hydrogen) atoms. The maximum atomic E-state index is 14.4. The molecular weight excluding hydrogens is 471 g/mol. The minimum Gasteiger partial charge on any atom is -0.379 e. The van der Waals surface area contributed by atoms with Crippen LogP contribution in [0.2, 0.25) is 0 Å².